The molecule has 0 aliphatic carbocycles. The van der Waals surface area contributed by atoms with E-state index < -0.39 is 27.9 Å². The molecule has 0 bridgehead atoms. The summed E-state index contributed by atoms with van der Waals surface area (Å²) in [4.78, 5) is 23.1. The molecule has 0 spiro atoms. The average molecular weight is 369 g/mol. The highest BCUT2D eigenvalue weighted by Crippen LogP contribution is 2.31. The van der Waals surface area contributed by atoms with Gasteiger partial charge in [-0.2, -0.15) is 4.31 Å². The fraction of sp³-hybridized carbons (Fsp3) is 0.529. The lowest BCUT2D eigenvalue weighted by Gasteiger charge is -2.35. The maximum Gasteiger partial charge on any atom is 0.337 e. The van der Waals surface area contributed by atoms with Crippen molar-refractivity contribution in [2.45, 2.75) is 44.6 Å². The third-order valence-corrected chi connectivity index (χ3v) is 6.91. The van der Waals surface area contributed by atoms with E-state index in [2.05, 4.69) is 4.74 Å². The SMILES string of the molecule is COC(=O)c1cc(C)c(C)c(S(=O)(=O)N2CC(C(=O)O)CCC2C)c1. The van der Waals surface area contributed by atoms with Crippen molar-refractivity contribution in [1.82, 2.24) is 4.31 Å². The van der Waals surface area contributed by atoms with Crippen LogP contribution >= 0.6 is 0 Å². The van der Waals surface area contributed by atoms with Crippen molar-refractivity contribution in [3.63, 3.8) is 0 Å². The van der Waals surface area contributed by atoms with Gasteiger partial charge in [0, 0.05) is 12.6 Å². The van der Waals surface area contributed by atoms with Crippen LogP contribution in [0.25, 0.3) is 0 Å². The zero-order valence-corrected chi connectivity index (χ0v) is 15.6. The summed E-state index contributed by atoms with van der Waals surface area (Å²) in [6.07, 6.45) is 0.924. The number of carboxylic acid groups (broad SMARTS) is 1. The first-order valence-corrected chi connectivity index (χ1v) is 9.47. The molecule has 25 heavy (non-hydrogen) atoms. The molecule has 1 aliphatic rings. The lowest BCUT2D eigenvalue weighted by Crippen LogP contribution is -2.47. The van der Waals surface area contributed by atoms with Gasteiger partial charge >= 0.3 is 11.9 Å². The minimum absolute atomic E-state index is 0.0192. The van der Waals surface area contributed by atoms with Crippen LogP contribution in [0, 0.1) is 19.8 Å². The Bertz CT molecular complexity index is 802. The molecule has 1 aliphatic heterocycles. The number of aliphatic carboxylic acids is 1. The number of hydrogen-bond acceptors (Lipinski definition) is 5. The Morgan fingerprint density at radius 1 is 1.24 bits per heavy atom. The Labute approximate surface area is 147 Å². The molecule has 0 radical (unpaired) electrons. The zero-order chi connectivity index (χ0) is 18.9. The van der Waals surface area contributed by atoms with E-state index in [0.29, 0.717) is 24.0 Å². The van der Waals surface area contributed by atoms with Gasteiger partial charge in [-0.3, -0.25) is 4.79 Å². The Balaban J connectivity index is 2.53. The molecule has 1 aromatic rings. The fourth-order valence-corrected chi connectivity index (χ4v) is 5.10. The van der Waals surface area contributed by atoms with Crippen molar-refractivity contribution in [3.8, 4) is 0 Å². The topological polar surface area (TPSA) is 101 Å². The van der Waals surface area contributed by atoms with Crippen molar-refractivity contribution in [3.05, 3.63) is 28.8 Å². The van der Waals surface area contributed by atoms with Gasteiger partial charge in [0.1, 0.15) is 0 Å². The van der Waals surface area contributed by atoms with Crippen LogP contribution in [-0.4, -0.2) is 49.5 Å². The monoisotopic (exact) mass is 369 g/mol. The Hall–Kier alpha value is -1.93. The van der Waals surface area contributed by atoms with Crippen molar-refractivity contribution in [1.29, 1.82) is 0 Å². The summed E-state index contributed by atoms with van der Waals surface area (Å²) in [7, 11) is -2.70. The van der Waals surface area contributed by atoms with Crippen LogP contribution in [0.15, 0.2) is 17.0 Å². The van der Waals surface area contributed by atoms with Crippen LogP contribution in [0.1, 0.15) is 41.3 Å². The maximum absolute atomic E-state index is 13.2. The standard InChI is InChI=1S/C17H23NO6S/c1-10-7-14(17(21)24-4)8-15(12(10)3)25(22,23)18-9-13(16(19)20)6-5-11(18)2/h7-8,11,13H,5-6,9H2,1-4H3,(H,19,20). The van der Waals surface area contributed by atoms with Crippen LogP contribution < -0.4 is 0 Å². The molecule has 1 fully saturated rings. The molecule has 2 rings (SSSR count). The molecule has 8 heteroatoms. The molecule has 2 unspecified atom stereocenters. The van der Waals surface area contributed by atoms with Crippen LogP contribution in [0.2, 0.25) is 0 Å². The molecule has 1 heterocycles. The molecule has 0 amide bonds. The second-order valence-electron chi connectivity index (χ2n) is 6.44. The van der Waals surface area contributed by atoms with Gasteiger partial charge < -0.3 is 9.84 Å². The highest BCUT2D eigenvalue weighted by Gasteiger charge is 2.38. The summed E-state index contributed by atoms with van der Waals surface area (Å²) in [6.45, 7) is 5.09. The number of ether oxygens (including phenoxy) is 1. The zero-order valence-electron chi connectivity index (χ0n) is 14.8. The van der Waals surface area contributed by atoms with E-state index in [9.17, 15) is 23.1 Å². The van der Waals surface area contributed by atoms with Crippen LogP contribution in [0.3, 0.4) is 0 Å². The summed E-state index contributed by atoms with van der Waals surface area (Å²) < 4.78 is 32.3. The predicted molar refractivity (Wildman–Crippen MR) is 91.0 cm³/mol. The molecule has 0 saturated carbocycles. The molecule has 7 nitrogen and oxygen atoms in total. The first kappa shape index (κ1) is 19.4. The van der Waals surface area contributed by atoms with E-state index in [1.54, 1.807) is 26.8 Å². The molecular formula is C17H23NO6S. The number of sulfonamides is 1. The number of carbonyl (C=O) groups excluding carboxylic acids is 1. The Morgan fingerprint density at radius 3 is 2.44 bits per heavy atom. The van der Waals surface area contributed by atoms with Gasteiger partial charge in [-0.25, -0.2) is 13.2 Å². The minimum atomic E-state index is -3.93. The van der Waals surface area contributed by atoms with E-state index >= 15 is 0 Å². The number of hydrogen-bond donors (Lipinski definition) is 1. The maximum atomic E-state index is 13.2. The van der Waals surface area contributed by atoms with E-state index in [0.717, 1.165) is 0 Å². The Morgan fingerprint density at radius 2 is 1.88 bits per heavy atom. The Kier molecular flexibility index (Phi) is 5.53. The second-order valence-corrected chi connectivity index (χ2v) is 8.30. The molecule has 1 N–H and O–H groups in total. The summed E-state index contributed by atoms with van der Waals surface area (Å²) in [5.74, 6) is -2.34. The number of rotatable bonds is 4. The lowest BCUT2D eigenvalue weighted by molar-refractivity contribution is -0.143. The van der Waals surface area contributed by atoms with Gasteiger partial charge in [0.2, 0.25) is 10.0 Å². The quantitative estimate of drug-likeness (QED) is 0.814. The molecule has 0 aromatic heterocycles. The molecule has 1 saturated heterocycles. The van der Waals surface area contributed by atoms with Gasteiger partial charge in [-0.05, 0) is 56.9 Å². The summed E-state index contributed by atoms with van der Waals surface area (Å²) >= 11 is 0. The summed E-state index contributed by atoms with van der Waals surface area (Å²) in [5.41, 5.74) is 1.35. The summed E-state index contributed by atoms with van der Waals surface area (Å²) in [6, 6.07) is 2.59. The number of benzene rings is 1. The lowest BCUT2D eigenvalue weighted by atomic mass is 9.96. The highest BCUT2D eigenvalue weighted by atomic mass is 32.2. The van der Waals surface area contributed by atoms with E-state index in [1.807, 2.05) is 0 Å². The smallest absolute Gasteiger partial charge is 0.337 e. The molecular weight excluding hydrogens is 346 g/mol. The van der Waals surface area contributed by atoms with E-state index in [4.69, 9.17) is 0 Å². The normalized spacial score (nSPS) is 21.8. The van der Waals surface area contributed by atoms with Gasteiger partial charge in [0.05, 0.1) is 23.5 Å². The summed E-state index contributed by atoms with van der Waals surface area (Å²) in [5, 5.41) is 9.24. The predicted octanol–water partition coefficient (Wildman–Crippen LogP) is 1.96. The molecule has 1 aromatic carbocycles. The molecule has 138 valence electrons. The van der Waals surface area contributed by atoms with Gasteiger partial charge in [-0.15, -0.1) is 0 Å². The van der Waals surface area contributed by atoms with Crippen molar-refractivity contribution in [2.75, 3.05) is 13.7 Å². The number of piperidine rings is 1. The van der Waals surface area contributed by atoms with Gasteiger partial charge in [0.15, 0.2) is 0 Å². The van der Waals surface area contributed by atoms with Gasteiger partial charge in [0.25, 0.3) is 0 Å². The third kappa shape index (κ3) is 3.69. The van der Waals surface area contributed by atoms with Crippen molar-refractivity contribution >= 4 is 22.0 Å². The van der Waals surface area contributed by atoms with E-state index in [1.165, 1.54) is 17.5 Å². The number of aryl methyl sites for hydroxylation is 1. The first-order valence-electron chi connectivity index (χ1n) is 8.03. The number of carbonyl (C=O) groups is 2. The number of esters is 1. The fourth-order valence-electron chi connectivity index (χ4n) is 3.07. The largest absolute Gasteiger partial charge is 0.481 e. The second kappa shape index (κ2) is 7.13. The molecule has 2 atom stereocenters. The highest BCUT2D eigenvalue weighted by molar-refractivity contribution is 7.89. The van der Waals surface area contributed by atoms with Crippen molar-refractivity contribution in [2.24, 2.45) is 5.92 Å². The van der Waals surface area contributed by atoms with Crippen molar-refractivity contribution < 1.29 is 27.9 Å². The van der Waals surface area contributed by atoms with Gasteiger partial charge in [-0.1, -0.05) is 0 Å². The number of methoxy groups -OCH3 is 1. The minimum Gasteiger partial charge on any atom is -0.481 e. The third-order valence-electron chi connectivity index (χ3n) is 4.80. The first-order chi connectivity index (χ1) is 11.6. The van der Waals surface area contributed by atoms with Crippen LogP contribution in [-0.2, 0) is 19.6 Å². The average Bonchev–Trinajstić information content (AvgIpc) is 2.56. The number of carboxylic acids is 1. The number of nitrogens with zero attached hydrogens (tertiary/aromatic N) is 1. The van der Waals surface area contributed by atoms with E-state index in [-0.39, 0.29) is 23.0 Å². The van der Waals surface area contributed by atoms with Crippen LogP contribution in [0.5, 0.6) is 0 Å². The van der Waals surface area contributed by atoms with Crippen LogP contribution in [0.4, 0.5) is 0 Å².